The van der Waals surface area contributed by atoms with Crippen LogP contribution in [-0.4, -0.2) is 41.2 Å². The Morgan fingerprint density at radius 3 is 2.74 bits per heavy atom. The summed E-state index contributed by atoms with van der Waals surface area (Å²) in [5, 5.41) is 8.90. The van der Waals surface area contributed by atoms with Crippen LogP contribution in [0.5, 0.6) is 11.5 Å². The molecule has 2 aromatic carbocycles. The number of aliphatic carboxylic acids is 1. The molecule has 1 N–H and O–H groups in total. The van der Waals surface area contributed by atoms with Crippen LogP contribution in [0.15, 0.2) is 60.7 Å². The molecule has 1 aromatic heterocycles. The first-order valence-electron chi connectivity index (χ1n) is 10.4. The predicted octanol–water partition coefficient (Wildman–Crippen LogP) is 4.17. The number of aromatic nitrogens is 1. The van der Waals surface area contributed by atoms with E-state index in [0.717, 1.165) is 59.1 Å². The molecule has 0 fully saturated rings. The fraction of sp³-hybridized carbons (Fsp3) is 0.280. The van der Waals surface area contributed by atoms with E-state index < -0.39 is 5.97 Å². The van der Waals surface area contributed by atoms with Crippen molar-refractivity contribution in [1.29, 1.82) is 0 Å². The van der Waals surface area contributed by atoms with Crippen molar-refractivity contribution in [1.82, 2.24) is 9.88 Å². The summed E-state index contributed by atoms with van der Waals surface area (Å²) in [4.78, 5) is 17.9. The quantitative estimate of drug-likeness (QED) is 0.592. The molecule has 6 nitrogen and oxygen atoms in total. The Bertz CT molecular complexity index is 1050. The van der Waals surface area contributed by atoms with E-state index in [1.54, 1.807) is 7.11 Å². The van der Waals surface area contributed by atoms with Gasteiger partial charge in [-0.3, -0.25) is 14.7 Å². The third-order valence-electron chi connectivity index (χ3n) is 5.47. The number of methoxy groups -OCH3 is 1. The third kappa shape index (κ3) is 5.22. The van der Waals surface area contributed by atoms with Gasteiger partial charge in [0.1, 0.15) is 18.1 Å². The molecule has 1 aliphatic heterocycles. The lowest BCUT2D eigenvalue weighted by Crippen LogP contribution is -2.32. The van der Waals surface area contributed by atoms with Gasteiger partial charge < -0.3 is 14.6 Å². The molecule has 0 atom stereocenters. The van der Waals surface area contributed by atoms with E-state index in [4.69, 9.17) is 19.6 Å². The monoisotopic (exact) mass is 418 g/mol. The lowest BCUT2D eigenvalue weighted by molar-refractivity contribution is -0.137. The van der Waals surface area contributed by atoms with E-state index in [2.05, 4.69) is 11.0 Å². The van der Waals surface area contributed by atoms with E-state index >= 15 is 0 Å². The number of rotatable bonds is 8. The molecule has 1 aliphatic rings. The third-order valence-corrected chi connectivity index (χ3v) is 5.47. The highest BCUT2D eigenvalue weighted by Gasteiger charge is 2.19. The zero-order valence-corrected chi connectivity index (χ0v) is 17.6. The molecule has 0 spiro atoms. The number of hydrogen-bond acceptors (Lipinski definition) is 5. The Balaban J connectivity index is 1.48. The molecular weight excluding hydrogens is 392 g/mol. The number of carboxylic acid groups (broad SMARTS) is 1. The van der Waals surface area contributed by atoms with Gasteiger partial charge in [0.05, 0.1) is 19.2 Å². The van der Waals surface area contributed by atoms with Crippen molar-refractivity contribution in [3.8, 4) is 22.8 Å². The van der Waals surface area contributed by atoms with Crippen LogP contribution < -0.4 is 9.47 Å². The summed E-state index contributed by atoms with van der Waals surface area (Å²) in [5.41, 5.74) is 5.12. The minimum absolute atomic E-state index is 0.163. The topological polar surface area (TPSA) is 71.9 Å². The van der Waals surface area contributed by atoms with Gasteiger partial charge in [-0.15, -0.1) is 0 Å². The van der Waals surface area contributed by atoms with E-state index in [0.29, 0.717) is 13.2 Å². The summed E-state index contributed by atoms with van der Waals surface area (Å²) < 4.78 is 11.5. The number of pyridine rings is 1. The number of fused-ring (bicyclic) bond motifs is 1. The van der Waals surface area contributed by atoms with Crippen LogP contribution in [0.25, 0.3) is 11.3 Å². The van der Waals surface area contributed by atoms with Crippen LogP contribution in [0, 0.1) is 0 Å². The van der Waals surface area contributed by atoms with Crippen molar-refractivity contribution in [2.24, 2.45) is 0 Å². The second-order valence-corrected chi connectivity index (χ2v) is 7.61. The Morgan fingerprint density at radius 2 is 1.97 bits per heavy atom. The van der Waals surface area contributed by atoms with Crippen LogP contribution in [0.1, 0.15) is 23.2 Å². The first-order valence-corrected chi connectivity index (χ1v) is 10.4. The normalized spacial score (nSPS) is 13.5. The second kappa shape index (κ2) is 9.62. The number of nitrogens with zero attached hydrogens (tertiary/aromatic N) is 2. The predicted molar refractivity (Wildman–Crippen MR) is 118 cm³/mol. The maximum absolute atomic E-state index is 10.8. The zero-order valence-electron chi connectivity index (χ0n) is 17.6. The van der Waals surface area contributed by atoms with Gasteiger partial charge in [0.25, 0.3) is 0 Å². The first kappa shape index (κ1) is 20.9. The van der Waals surface area contributed by atoms with Crippen LogP contribution in [0.2, 0.25) is 0 Å². The van der Waals surface area contributed by atoms with Crippen molar-refractivity contribution in [3.05, 3.63) is 77.5 Å². The number of ether oxygens (including phenoxy) is 2. The molecule has 0 aliphatic carbocycles. The van der Waals surface area contributed by atoms with Gasteiger partial charge in [0, 0.05) is 43.4 Å². The lowest BCUT2D eigenvalue weighted by atomic mass is 10.0. The molecule has 2 heterocycles. The highest BCUT2D eigenvalue weighted by molar-refractivity contribution is 5.69. The Labute approximate surface area is 182 Å². The van der Waals surface area contributed by atoms with Gasteiger partial charge in [-0.25, -0.2) is 0 Å². The summed E-state index contributed by atoms with van der Waals surface area (Å²) in [7, 11) is 1.65. The minimum Gasteiger partial charge on any atom is -0.496 e. The smallest absolute Gasteiger partial charge is 0.304 e. The zero-order chi connectivity index (χ0) is 21.6. The van der Waals surface area contributed by atoms with E-state index in [-0.39, 0.29) is 6.42 Å². The minimum atomic E-state index is -0.762. The van der Waals surface area contributed by atoms with Gasteiger partial charge in [0.15, 0.2) is 0 Å². The van der Waals surface area contributed by atoms with Crippen LogP contribution >= 0.6 is 0 Å². The summed E-state index contributed by atoms with van der Waals surface area (Å²) in [5.74, 6) is 0.705. The van der Waals surface area contributed by atoms with Crippen LogP contribution in [-0.2, 0) is 24.4 Å². The average molecular weight is 418 g/mol. The molecule has 0 radical (unpaired) electrons. The number of benzene rings is 2. The number of carboxylic acids is 1. The summed E-state index contributed by atoms with van der Waals surface area (Å²) in [6.45, 7) is 2.62. The molecule has 3 aromatic rings. The standard InChI is InChI=1S/C25H26N2O4/c1-30-24-15-20(31-17-18-5-3-2-4-6-18)8-9-21(24)23-10-7-19-16-27(14-12-25(28)29)13-11-22(19)26-23/h2-10,15H,11-14,16-17H2,1H3,(H,28,29). The Morgan fingerprint density at radius 1 is 1.13 bits per heavy atom. The summed E-state index contributed by atoms with van der Waals surface area (Å²) in [6, 6.07) is 20.0. The SMILES string of the molecule is COc1cc(OCc2ccccc2)ccc1-c1ccc2c(n1)CCN(CCC(=O)O)C2. The molecule has 4 rings (SSSR count). The largest absolute Gasteiger partial charge is 0.496 e. The summed E-state index contributed by atoms with van der Waals surface area (Å²) in [6.07, 6.45) is 0.972. The molecule has 31 heavy (non-hydrogen) atoms. The van der Waals surface area contributed by atoms with Crippen molar-refractivity contribution in [2.75, 3.05) is 20.2 Å². The van der Waals surface area contributed by atoms with Gasteiger partial charge >= 0.3 is 5.97 Å². The molecule has 0 saturated carbocycles. The van der Waals surface area contributed by atoms with E-state index in [9.17, 15) is 4.79 Å². The maximum Gasteiger partial charge on any atom is 0.304 e. The molecule has 0 bridgehead atoms. The summed E-state index contributed by atoms with van der Waals surface area (Å²) >= 11 is 0. The molecule has 6 heteroatoms. The molecule has 0 unspecified atom stereocenters. The van der Waals surface area contributed by atoms with Gasteiger partial charge in [-0.1, -0.05) is 36.4 Å². The van der Waals surface area contributed by atoms with E-state index in [1.165, 1.54) is 0 Å². The molecular formula is C25H26N2O4. The van der Waals surface area contributed by atoms with Gasteiger partial charge in [0.2, 0.25) is 0 Å². The van der Waals surface area contributed by atoms with Crippen LogP contribution in [0.4, 0.5) is 0 Å². The highest BCUT2D eigenvalue weighted by Crippen LogP contribution is 2.33. The van der Waals surface area contributed by atoms with Crippen molar-refractivity contribution < 1.29 is 19.4 Å². The molecule has 0 amide bonds. The van der Waals surface area contributed by atoms with Crippen molar-refractivity contribution in [2.45, 2.75) is 26.0 Å². The van der Waals surface area contributed by atoms with Crippen molar-refractivity contribution >= 4 is 5.97 Å². The van der Waals surface area contributed by atoms with E-state index in [1.807, 2.05) is 54.6 Å². The van der Waals surface area contributed by atoms with Crippen LogP contribution in [0.3, 0.4) is 0 Å². The fourth-order valence-electron chi connectivity index (χ4n) is 3.78. The Kier molecular flexibility index (Phi) is 6.48. The first-order chi connectivity index (χ1) is 15.1. The maximum atomic E-state index is 10.8. The molecule has 160 valence electrons. The Hall–Kier alpha value is -3.38. The second-order valence-electron chi connectivity index (χ2n) is 7.61. The lowest BCUT2D eigenvalue weighted by Gasteiger charge is -2.28. The number of carbonyl (C=O) groups is 1. The fourth-order valence-corrected chi connectivity index (χ4v) is 3.78. The van der Waals surface area contributed by atoms with Gasteiger partial charge in [-0.2, -0.15) is 0 Å². The highest BCUT2D eigenvalue weighted by atomic mass is 16.5. The van der Waals surface area contributed by atoms with Gasteiger partial charge in [-0.05, 0) is 29.3 Å². The van der Waals surface area contributed by atoms with Crippen molar-refractivity contribution in [3.63, 3.8) is 0 Å². The number of hydrogen-bond donors (Lipinski definition) is 1. The molecule has 0 saturated heterocycles. The average Bonchev–Trinajstić information content (AvgIpc) is 2.81.